The number of anilines is 1. The van der Waals surface area contributed by atoms with Crippen LogP contribution in [0.15, 0.2) is 18.2 Å². The maximum Gasteiger partial charge on any atom is 0.142 e. The van der Waals surface area contributed by atoms with Crippen LogP contribution in [0.1, 0.15) is 12.8 Å². The topological polar surface area (TPSA) is 60.0 Å². The Morgan fingerprint density at radius 3 is 3.10 bits per heavy atom. The molecule has 1 saturated heterocycles. The zero-order valence-corrected chi connectivity index (χ0v) is 12.9. The van der Waals surface area contributed by atoms with E-state index in [2.05, 4.69) is 5.32 Å². The highest BCUT2D eigenvalue weighted by atomic mass is 35.5. The summed E-state index contributed by atoms with van der Waals surface area (Å²) in [6.45, 7) is 1.99. The van der Waals surface area contributed by atoms with Gasteiger partial charge in [-0.3, -0.25) is 0 Å². The van der Waals surface area contributed by atoms with Crippen molar-refractivity contribution in [2.24, 2.45) is 0 Å². The van der Waals surface area contributed by atoms with Gasteiger partial charge in [-0.25, -0.2) is 0 Å². The predicted molar refractivity (Wildman–Crippen MR) is 82.3 cm³/mol. The van der Waals surface area contributed by atoms with Gasteiger partial charge >= 0.3 is 0 Å². The molecule has 1 aliphatic heterocycles. The fourth-order valence-electron chi connectivity index (χ4n) is 2.22. The minimum absolute atomic E-state index is 0.179. The number of halogens is 1. The molecular formula is C15H22ClNO4. The molecule has 0 radical (unpaired) electrons. The summed E-state index contributed by atoms with van der Waals surface area (Å²) in [5.41, 5.74) is 0.753. The van der Waals surface area contributed by atoms with E-state index in [1.807, 2.05) is 0 Å². The number of nitrogens with one attached hydrogen (secondary N) is 1. The van der Waals surface area contributed by atoms with Gasteiger partial charge < -0.3 is 24.6 Å². The second kappa shape index (κ2) is 8.44. The van der Waals surface area contributed by atoms with Gasteiger partial charge in [0, 0.05) is 18.2 Å². The average Bonchev–Trinajstić information content (AvgIpc) is 2.98. The smallest absolute Gasteiger partial charge is 0.142 e. The zero-order chi connectivity index (χ0) is 15.1. The minimum atomic E-state index is -0.602. The number of aliphatic hydroxyl groups excluding tert-OH is 1. The minimum Gasteiger partial charge on any atom is -0.495 e. The summed E-state index contributed by atoms with van der Waals surface area (Å²) < 4.78 is 16.2. The summed E-state index contributed by atoms with van der Waals surface area (Å²) in [5.74, 6) is 0.687. The Labute approximate surface area is 130 Å². The van der Waals surface area contributed by atoms with E-state index in [0.717, 1.165) is 25.1 Å². The third kappa shape index (κ3) is 5.36. The van der Waals surface area contributed by atoms with E-state index in [1.54, 1.807) is 25.3 Å². The first-order valence-electron chi connectivity index (χ1n) is 7.14. The molecule has 2 rings (SSSR count). The van der Waals surface area contributed by atoms with E-state index in [9.17, 15) is 5.11 Å². The first-order valence-corrected chi connectivity index (χ1v) is 7.51. The van der Waals surface area contributed by atoms with Gasteiger partial charge in [0.2, 0.25) is 0 Å². The molecule has 2 N–H and O–H groups in total. The molecule has 0 spiro atoms. The molecular weight excluding hydrogens is 294 g/mol. The SMILES string of the molecule is COc1ccc(Cl)cc1NCC(O)COCC1CCCO1. The lowest BCUT2D eigenvalue weighted by atomic mass is 10.2. The fourth-order valence-corrected chi connectivity index (χ4v) is 2.39. The van der Waals surface area contributed by atoms with Crippen LogP contribution in [0.25, 0.3) is 0 Å². The lowest BCUT2D eigenvalue weighted by molar-refractivity contribution is -0.0137. The Bertz CT molecular complexity index is 438. The lowest BCUT2D eigenvalue weighted by Crippen LogP contribution is -2.27. The quantitative estimate of drug-likeness (QED) is 0.771. The summed E-state index contributed by atoms with van der Waals surface area (Å²) in [7, 11) is 1.59. The van der Waals surface area contributed by atoms with Gasteiger partial charge in [0.1, 0.15) is 5.75 Å². The van der Waals surface area contributed by atoms with Gasteiger partial charge in [-0.15, -0.1) is 0 Å². The highest BCUT2D eigenvalue weighted by Crippen LogP contribution is 2.27. The first-order chi connectivity index (χ1) is 10.2. The molecule has 0 amide bonds. The van der Waals surface area contributed by atoms with Gasteiger partial charge in [-0.05, 0) is 31.0 Å². The molecule has 0 saturated carbocycles. The maximum absolute atomic E-state index is 9.92. The summed E-state index contributed by atoms with van der Waals surface area (Å²) >= 11 is 5.95. The van der Waals surface area contributed by atoms with E-state index in [4.69, 9.17) is 25.8 Å². The van der Waals surface area contributed by atoms with Crippen LogP contribution in [0.3, 0.4) is 0 Å². The molecule has 0 aliphatic carbocycles. The molecule has 1 heterocycles. The van der Waals surface area contributed by atoms with Crippen molar-refractivity contribution in [2.45, 2.75) is 25.0 Å². The van der Waals surface area contributed by atoms with Crippen LogP contribution in [-0.4, -0.2) is 50.8 Å². The molecule has 2 atom stereocenters. The second-order valence-corrected chi connectivity index (χ2v) is 5.49. The monoisotopic (exact) mass is 315 g/mol. The summed E-state index contributed by atoms with van der Waals surface area (Å²) in [5, 5.41) is 13.6. The van der Waals surface area contributed by atoms with Crippen LogP contribution in [-0.2, 0) is 9.47 Å². The van der Waals surface area contributed by atoms with Crippen molar-refractivity contribution in [3.63, 3.8) is 0 Å². The maximum atomic E-state index is 9.92. The van der Waals surface area contributed by atoms with Crippen LogP contribution in [0.4, 0.5) is 5.69 Å². The van der Waals surface area contributed by atoms with Gasteiger partial charge in [0.25, 0.3) is 0 Å². The van der Waals surface area contributed by atoms with Crippen molar-refractivity contribution in [1.82, 2.24) is 0 Å². The van der Waals surface area contributed by atoms with E-state index in [0.29, 0.717) is 23.9 Å². The van der Waals surface area contributed by atoms with Crippen molar-refractivity contribution in [3.8, 4) is 5.75 Å². The third-order valence-electron chi connectivity index (χ3n) is 3.33. The summed E-state index contributed by atoms with van der Waals surface area (Å²) in [4.78, 5) is 0. The highest BCUT2D eigenvalue weighted by molar-refractivity contribution is 6.30. The highest BCUT2D eigenvalue weighted by Gasteiger charge is 2.16. The predicted octanol–water partition coefficient (Wildman–Crippen LogP) is 2.32. The van der Waals surface area contributed by atoms with E-state index in [-0.39, 0.29) is 12.7 Å². The van der Waals surface area contributed by atoms with Crippen LogP contribution < -0.4 is 10.1 Å². The van der Waals surface area contributed by atoms with Crippen molar-refractivity contribution in [3.05, 3.63) is 23.2 Å². The van der Waals surface area contributed by atoms with Crippen molar-refractivity contribution < 1.29 is 19.3 Å². The van der Waals surface area contributed by atoms with Gasteiger partial charge in [-0.1, -0.05) is 11.6 Å². The molecule has 21 heavy (non-hydrogen) atoms. The average molecular weight is 316 g/mol. The number of ether oxygens (including phenoxy) is 3. The number of rotatable bonds is 8. The number of benzene rings is 1. The molecule has 1 aliphatic rings. The normalized spacial score (nSPS) is 19.5. The molecule has 0 aromatic heterocycles. The standard InChI is InChI=1S/C15H22ClNO4/c1-19-15-5-4-11(16)7-14(15)17-8-12(18)9-20-10-13-3-2-6-21-13/h4-5,7,12-13,17-18H,2-3,6,8-10H2,1H3. The van der Waals surface area contributed by atoms with Crippen molar-refractivity contribution in [1.29, 1.82) is 0 Å². The molecule has 1 aromatic rings. The Balaban J connectivity index is 1.70. The Morgan fingerprint density at radius 2 is 2.38 bits per heavy atom. The van der Waals surface area contributed by atoms with Gasteiger partial charge in [0.05, 0.1) is 38.2 Å². The van der Waals surface area contributed by atoms with E-state index in [1.165, 1.54) is 0 Å². The molecule has 5 nitrogen and oxygen atoms in total. The van der Waals surface area contributed by atoms with Crippen LogP contribution in [0.5, 0.6) is 5.75 Å². The number of hydrogen-bond donors (Lipinski definition) is 2. The largest absolute Gasteiger partial charge is 0.495 e. The summed E-state index contributed by atoms with van der Waals surface area (Å²) in [6, 6.07) is 5.30. The van der Waals surface area contributed by atoms with Crippen molar-refractivity contribution >= 4 is 17.3 Å². The Kier molecular flexibility index (Phi) is 6.57. The Morgan fingerprint density at radius 1 is 1.52 bits per heavy atom. The molecule has 6 heteroatoms. The van der Waals surface area contributed by atoms with Crippen LogP contribution >= 0.6 is 11.6 Å². The Hall–Kier alpha value is -1.01. The molecule has 1 aromatic carbocycles. The molecule has 118 valence electrons. The van der Waals surface area contributed by atoms with Gasteiger partial charge in [-0.2, -0.15) is 0 Å². The molecule has 2 unspecified atom stereocenters. The molecule has 1 fully saturated rings. The second-order valence-electron chi connectivity index (χ2n) is 5.05. The lowest BCUT2D eigenvalue weighted by Gasteiger charge is -2.16. The fraction of sp³-hybridized carbons (Fsp3) is 0.600. The molecule has 0 bridgehead atoms. The number of methoxy groups -OCH3 is 1. The number of aliphatic hydroxyl groups is 1. The van der Waals surface area contributed by atoms with Crippen LogP contribution in [0, 0.1) is 0 Å². The third-order valence-corrected chi connectivity index (χ3v) is 3.56. The van der Waals surface area contributed by atoms with Crippen LogP contribution in [0.2, 0.25) is 5.02 Å². The van der Waals surface area contributed by atoms with E-state index >= 15 is 0 Å². The van der Waals surface area contributed by atoms with Crippen molar-refractivity contribution in [2.75, 3.05) is 38.8 Å². The number of hydrogen-bond acceptors (Lipinski definition) is 5. The van der Waals surface area contributed by atoms with E-state index < -0.39 is 6.10 Å². The summed E-state index contributed by atoms with van der Waals surface area (Å²) in [6.07, 6.45) is 1.70. The van der Waals surface area contributed by atoms with Gasteiger partial charge in [0.15, 0.2) is 0 Å². The first kappa shape index (κ1) is 16.4. The zero-order valence-electron chi connectivity index (χ0n) is 12.2.